The molecule has 1 atom stereocenters. The van der Waals surface area contributed by atoms with Gasteiger partial charge < -0.3 is 15.2 Å². The van der Waals surface area contributed by atoms with Crippen LogP contribution in [0.3, 0.4) is 0 Å². The third-order valence-corrected chi connectivity index (χ3v) is 5.63. The minimum absolute atomic E-state index is 0.122. The first-order valence-electron chi connectivity index (χ1n) is 9.75. The Kier molecular flexibility index (Phi) is 5.99. The predicted octanol–water partition coefficient (Wildman–Crippen LogP) is 2.47. The predicted molar refractivity (Wildman–Crippen MR) is 108 cm³/mol. The normalized spacial score (nSPS) is 17.5. The van der Waals surface area contributed by atoms with Crippen LogP contribution in [0.2, 0.25) is 0 Å². The van der Waals surface area contributed by atoms with Gasteiger partial charge in [0.2, 0.25) is 5.91 Å². The van der Waals surface area contributed by atoms with Gasteiger partial charge >= 0.3 is 0 Å². The quantitative estimate of drug-likeness (QED) is 0.836. The van der Waals surface area contributed by atoms with E-state index in [1.807, 2.05) is 0 Å². The topological polar surface area (TPSA) is 51.4 Å². The van der Waals surface area contributed by atoms with E-state index < -0.39 is 0 Å². The number of amides is 1. The van der Waals surface area contributed by atoms with Crippen LogP contribution in [0.15, 0.2) is 18.2 Å². The second-order valence-corrected chi connectivity index (χ2v) is 7.68. The molecule has 5 heteroatoms. The van der Waals surface area contributed by atoms with E-state index in [0.29, 0.717) is 6.42 Å². The zero-order chi connectivity index (χ0) is 18.7. The Labute approximate surface area is 156 Å². The Morgan fingerprint density at radius 2 is 1.96 bits per heavy atom. The number of hydrogen-bond donors (Lipinski definition) is 2. The fraction of sp³-hybridized carbons (Fsp3) is 0.571. The molecule has 0 aliphatic carbocycles. The number of aromatic amines is 1. The summed E-state index contributed by atoms with van der Waals surface area (Å²) in [7, 11) is 2.17. The first-order valence-corrected chi connectivity index (χ1v) is 9.75. The third kappa shape index (κ3) is 4.27. The van der Waals surface area contributed by atoms with Gasteiger partial charge in [-0.15, -0.1) is 0 Å². The van der Waals surface area contributed by atoms with Gasteiger partial charge in [-0.1, -0.05) is 25.1 Å². The molecule has 3 rings (SSSR count). The fourth-order valence-electron chi connectivity index (χ4n) is 3.84. The van der Waals surface area contributed by atoms with Crippen molar-refractivity contribution in [1.82, 2.24) is 20.1 Å². The molecule has 0 spiro atoms. The number of fused-ring (bicyclic) bond motifs is 1. The minimum atomic E-state index is 0.122. The number of hydrogen-bond acceptors (Lipinski definition) is 3. The van der Waals surface area contributed by atoms with E-state index >= 15 is 0 Å². The van der Waals surface area contributed by atoms with Crippen LogP contribution in [0.1, 0.15) is 30.2 Å². The SMILES string of the molecule is CC[C@@H](CN1CCN(C)CC1)NC(=O)Cc1c(C)[nH]c2c(C)cccc12. The molecule has 142 valence electrons. The van der Waals surface area contributed by atoms with Crippen LogP contribution in [0, 0.1) is 13.8 Å². The molecule has 0 radical (unpaired) electrons. The zero-order valence-electron chi connectivity index (χ0n) is 16.6. The maximum Gasteiger partial charge on any atom is 0.224 e. The second kappa shape index (κ2) is 8.23. The van der Waals surface area contributed by atoms with Crippen LogP contribution in [0.5, 0.6) is 0 Å². The van der Waals surface area contributed by atoms with Crippen molar-refractivity contribution >= 4 is 16.8 Å². The van der Waals surface area contributed by atoms with Crippen LogP contribution < -0.4 is 5.32 Å². The summed E-state index contributed by atoms with van der Waals surface area (Å²) in [4.78, 5) is 21.0. The Balaban J connectivity index is 1.62. The number of carbonyl (C=O) groups is 1. The highest BCUT2D eigenvalue weighted by Crippen LogP contribution is 2.25. The lowest BCUT2D eigenvalue weighted by Crippen LogP contribution is -2.50. The molecular formula is C21H32N4O. The average Bonchev–Trinajstić information content (AvgIpc) is 2.93. The van der Waals surface area contributed by atoms with Crippen molar-refractivity contribution in [3.63, 3.8) is 0 Å². The highest BCUT2D eigenvalue weighted by Gasteiger charge is 2.20. The van der Waals surface area contributed by atoms with E-state index in [-0.39, 0.29) is 11.9 Å². The molecule has 26 heavy (non-hydrogen) atoms. The summed E-state index contributed by atoms with van der Waals surface area (Å²) in [5.41, 5.74) is 4.59. The first-order chi connectivity index (χ1) is 12.5. The lowest BCUT2D eigenvalue weighted by Gasteiger charge is -2.34. The van der Waals surface area contributed by atoms with Gasteiger partial charge in [-0.2, -0.15) is 0 Å². The van der Waals surface area contributed by atoms with Gasteiger partial charge in [0.25, 0.3) is 0 Å². The second-order valence-electron chi connectivity index (χ2n) is 7.68. The Morgan fingerprint density at radius 1 is 1.23 bits per heavy atom. The molecule has 1 saturated heterocycles. The number of H-pyrrole nitrogens is 1. The number of para-hydroxylation sites is 1. The number of aryl methyl sites for hydroxylation is 2. The maximum atomic E-state index is 12.7. The molecule has 2 heterocycles. The zero-order valence-corrected chi connectivity index (χ0v) is 16.6. The molecule has 2 N–H and O–H groups in total. The molecule has 5 nitrogen and oxygen atoms in total. The molecule has 2 aromatic rings. The van der Waals surface area contributed by atoms with E-state index in [1.54, 1.807) is 0 Å². The van der Waals surface area contributed by atoms with Crippen molar-refractivity contribution in [3.8, 4) is 0 Å². The molecule has 1 fully saturated rings. The van der Waals surface area contributed by atoms with Gasteiger partial charge in [-0.3, -0.25) is 9.69 Å². The van der Waals surface area contributed by atoms with Gasteiger partial charge in [0.05, 0.1) is 6.42 Å². The van der Waals surface area contributed by atoms with Gasteiger partial charge in [-0.25, -0.2) is 0 Å². The van der Waals surface area contributed by atoms with E-state index in [2.05, 4.69) is 66.1 Å². The summed E-state index contributed by atoms with van der Waals surface area (Å²) in [6.45, 7) is 11.7. The number of nitrogens with zero attached hydrogens (tertiary/aromatic N) is 2. The van der Waals surface area contributed by atoms with Crippen molar-refractivity contribution in [2.75, 3.05) is 39.8 Å². The monoisotopic (exact) mass is 356 g/mol. The molecule has 0 saturated carbocycles. The van der Waals surface area contributed by atoms with E-state index in [4.69, 9.17) is 0 Å². The number of carbonyl (C=O) groups excluding carboxylic acids is 1. The van der Waals surface area contributed by atoms with Crippen molar-refractivity contribution < 1.29 is 4.79 Å². The van der Waals surface area contributed by atoms with E-state index in [0.717, 1.165) is 55.9 Å². The van der Waals surface area contributed by atoms with Crippen molar-refractivity contribution in [1.29, 1.82) is 0 Å². The average molecular weight is 357 g/mol. The number of likely N-dealkylation sites (N-methyl/N-ethyl adjacent to an activating group) is 1. The Morgan fingerprint density at radius 3 is 2.65 bits per heavy atom. The summed E-state index contributed by atoms with van der Waals surface area (Å²) < 4.78 is 0. The van der Waals surface area contributed by atoms with Crippen LogP contribution >= 0.6 is 0 Å². The molecule has 0 bridgehead atoms. The largest absolute Gasteiger partial charge is 0.358 e. The summed E-state index contributed by atoms with van der Waals surface area (Å²) in [6, 6.07) is 6.49. The standard InChI is InChI=1S/C21H32N4O/c1-5-17(14-25-11-9-24(4)10-12-25)23-20(26)13-19-16(3)22-21-15(2)7-6-8-18(19)21/h6-8,17,22H,5,9-14H2,1-4H3,(H,23,26)/t17-/m0/s1. The molecule has 1 aromatic carbocycles. The lowest BCUT2D eigenvalue weighted by atomic mass is 10.0. The molecule has 1 aromatic heterocycles. The molecular weight excluding hydrogens is 324 g/mol. The van der Waals surface area contributed by atoms with E-state index in [1.165, 1.54) is 10.9 Å². The maximum absolute atomic E-state index is 12.7. The third-order valence-electron chi connectivity index (χ3n) is 5.63. The summed E-state index contributed by atoms with van der Waals surface area (Å²) in [6.07, 6.45) is 1.40. The smallest absolute Gasteiger partial charge is 0.224 e. The summed E-state index contributed by atoms with van der Waals surface area (Å²) >= 11 is 0. The van der Waals surface area contributed by atoms with Gasteiger partial charge in [-0.05, 0) is 38.4 Å². The first kappa shape index (κ1) is 18.9. The fourth-order valence-corrected chi connectivity index (χ4v) is 3.84. The molecule has 0 unspecified atom stereocenters. The highest BCUT2D eigenvalue weighted by molar-refractivity contribution is 5.91. The van der Waals surface area contributed by atoms with Crippen molar-refractivity contribution in [2.45, 2.75) is 39.7 Å². The van der Waals surface area contributed by atoms with Crippen LogP contribution in [0.25, 0.3) is 10.9 Å². The van der Waals surface area contributed by atoms with E-state index in [9.17, 15) is 4.79 Å². The molecule has 1 amide bonds. The lowest BCUT2D eigenvalue weighted by molar-refractivity contribution is -0.121. The summed E-state index contributed by atoms with van der Waals surface area (Å²) in [5.74, 6) is 0.122. The Bertz CT molecular complexity index is 759. The number of nitrogens with one attached hydrogen (secondary N) is 2. The molecule has 1 aliphatic rings. The van der Waals surface area contributed by atoms with Gasteiger partial charge in [0.15, 0.2) is 0 Å². The number of aromatic nitrogens is 1. The Hall–Kier alpha value is -1.85. The molecule has 1 aliphatic heterocycles. The van der Waals surface area contributed by atoms with Crippen molar-refractivity contribution in [2.24, 2.45) is 0 Å². The highest BCUT2D eigenvalue weighted by atomic mass is 16.1. The van der Waals surface area contributed by atoms with Crippen LogP contribution in [0.4, 0.5) is 0 Å². The minimum Gasteiger partial charge on any atom is -0.358 e. The number of piperazine rings is 1. The number of benzene rings is 1. The van der Waals surface area contributed by atoms with Crippen molar-refractivity contribution in [3.05, 3.63) is 35.0 Å². The van der Waals surface area contributed by atoms with Crippen LogP contribution in [-0.4, -0.2) is 66.5 Å². The summed E-state index contributed by atoms with van der Waals surface area (Å²) in [5, 5.41) is 4.43. The van der Waals surface area contributed by atoms with Crippen LogP contribution in [-0.2, 0) is 11.2 Å². The number of rotatable bonds is 6. The van der Waals surface area contributed by atoms with Gasteiger partial charge in [0.1, 0.15) is 0 Å². The van der Waals surface area contributed by atoms with Gasteiger partial charge in [0, 0.05) is 55.4 Å².